The maximum Gasteiger partial charge on any atom is 0.231 e. The third kappa shape index (κ3) is 2.65. The van der Waals surface area contributed by atoms with Crippen LogP contribution in [0.1, 0.15) is 12.8 Å². The monoisotopic (exact) mass is 334 g/mol. The highest BCUT2D eigenvalue weighted by molar-refractivity contribution is 5.93. The first-order chi connectivity index (χ1) is 11.6. The molecule has 0 radical (unpaired) electrons. The standard InChI is InChI=1S/C15H18N4O5/c20-15(17-9-1-2-12-13(4-9)24-7-23-12)11-5-10(19(21)22)3-8-6-16-18-14(8)11/h1-2,4,8,10-11,14,16,18H,3,5-7H2,(H,17,20). The maximum absolute atomic E-state index is 12.7. The zero-order valence-electron chi connectivity index (χ0n) is 12.9. The summed E-state index contributed by atoms with van der Waals surface area (Å²) >= 11 is 0. The minimum absolute atomic E-state index is 0.0849. The molecule has 128 valence electrons. The molecule has 0 spiro atoms. The van der Waals surface area contributed by atoms with Crippen molar-refractivity contribution in [3.63, 3.8) is 0 Å². The van der Waals surface area contributed by atoms with Gasteiger partial charge >= 0.3 is 0 Å². The summed E-state index contributed by atoms with van der Waals surface area (Å²) in [4.78, 5) is 23.6. The molecule has 1 aromatic rings. The highest BCUT2D eigenvalue weighted by atomic mass is 16.7. The third-order valence-corrected chi connectivity index (χ3v) is 4.95. The molecule has 1 aliphatic carbocycles. The number of ether oxygens (including phenoxy) is 2. The fourth-order valence-corrected chi connectivity index (χ4v) is 3.75. The second-order valence-electron chi connectivity index (χ2n) is 6.39. The van der Waals surface area contributed by atoms with E-state index < -0.39 is 12.0 Å². The molecule has 3 aliphatic rings. The average Bonchev–Trinajstić information content (AvgIpc) is 3.21. The van der Waals surface area contributed by atoms with E-state index in [1.165, 1.54) is 0 Å². The number of amides is 1. The van der Waals surface area contributed by atoms with E-state index in [-0.39, 0.29) is 36.0 Å². The molecular formula is C15H18N4O5. The Morgan fingerprint density at radius 3 is 2.96 bits per heavy atom. The lowest BCUT2D eigenvalue weighted by Gasteiger charge is -2.33. The Hall–Kier alpha value is -2.39. The van der Waals surface area contributed by atoms with Gasteiger partial charge in [-0.05, 0) is 18.1 Å². The molecule has 1 aromatic carbocycles. The number of hydrogen-bond donors (Lipinski definition) is 3. The molecule has 2 heterocycles. The lowest BCUT2D eigenvalue weighted by Crippen LogP contribution is -2.50. The quantitative estimate of drug-likeness (QED) is 0.545. The summed E-state index contributed by atoms with van der Waals surface area (Å²) in [5.74, 6) is 0.631. The number of carbonyl (C=O) groups is 1. The van der Waals surface area contributed by atoms with E-state index in [1.807, 2.05) is 0 Å². The fraction of sp³-hybridized carbons (Fsp3) is 0.533. The SMILES string of the molecule is O=C(Nc1ccc2c(c1)OCO2)C1CC([N+](=O)[O-])CC2CNNC21. The smallest absolute Gasteiger partial charge is 0.231 e. The second kappa shape index (κ2) is 5.91. The normalized spacial score (nSPS) is 30.7. The van der Waals surface area contributed by atoms with Crippen LogP contribution >= 0.6 is 0 Å². The number of carbonyl (C=O) groups excluding carboxylic acids is 1. The Morgan fingerprint density at radius 1 is 1.29 bits per heavy atom. The summed E-state index contributed by atoms with van der Waals surface area (Å²) in [7, 11) is 0. The van der Waals surface area contributed by atoms with E-state index >= 15 is 0 Å². The molecule has 2 aliphatic heterocycles. The van der Waals surface area contributed by atoms with Crippen LogP contribution in [0.2, 0.25) is 0 Å². The second-order valence-corrected chi connectivity index (χ2v) is 6.39. The van der Waals surface area contributed by atoms with Crippen LogP contribution in [0, 0.1) is 22.0 Å². The van der Waals surface area contributed by atoms with Gasteiger partial charge < -0.3 is 14.8 Å². The van der Waals surface area contributed by atoms with Crippen LogP contribution in [0.3, 0.4) is 0 Å². The van der Waals surface area contributed by atoms with Crippen molar-refractivity contribution in [2.75, 3.05) is 18.7 Å². The van der Waals surface area contributed by atoms with E-state index in [1.54, 1.807) is 18.2 Å². The molecule has 24 heavy (non-hydrogen) atoms. The Bertz CT molecular complexity index is 682. The zero-order valence-corrected chi connectivity index (χ0v) is 12.9. The van der Waals surface area contributed by atoms with Gasteiger partial charge in [-0.3, -0.25) is 25.8 Å². The first-order valence-electron chi connectivity index (χ1n) is 7.94. The largest absolute Gasteiger partial charge is 0.454 e. The van der Waals surface area contributed by atoms with Gasteiger partial charge in [-0.15, -0.1) is 0 Å². The van der Waals surface area contributed by atoms with Crippen molar-refractivity contribution in [2.45, 2.75) is 24.9 Å². The Morgan fingerprint density at radius 2 is 2.12 bits per heavy atom. The van der Waals surface area contributed by atoms with Gasteiger partial charge in [0.1, 0.15) is 0 Å². The molecule has 4 atom stereocenters. The first kappa shape index (κ1) is 15.2. The van der Waals surface area contributed by atoms with Crippen LogP contribution in [-0.4, -0.2) is 36.3 Å². The predicted molar refractivity (Wildman–Crippen MR) is 83.1 cm³/mol. The molecule has 9 nitrogen and oxygen atoms in total. The van der Waals surface area contributed by atoms with Crippen molar-refractivity contribution in [2.24, 2.45) is 11.8 Å². The highest BCUT2D eigenvalue weighted by Gasteiger charge is 2.47. The van der Waals surface area contributed by atoms with Crippen LogP contribution in [0.15, 0.2) is 18.2 Å². The number of rotatable bonds is 3. The van der Waals surface area contributed by atoms with Gasteiger partial charge in [0, 0.05) is 42.1 Å². The lowest BCUT2D eigenvalue weighted by atomic mass is 9.75. The van der Waals surface area contributed by atoms with Gasteiger partial charge in [-0.2, -0.15) is 0 Å². The Balaban J connectivity index is 1.50. The van der Waals surface area contributed by atoms with Gasteiger partial charge in [-0.1, -0.05) is 0 Å². The van der Waals surface area contributed by atoms with Crippen molar-refractivity contribution < 1.29 is 19.2 Å². The maximum atomic E-state index is 12.7. The highest BCUT2D eigenvalue weighted by Crippen LogP contribution is 2.36. The summed E-state index contributed by atoms with van der Waals surface area (Å²) < 4.78 is 10.5. The molecular weight excluding hydrogens is 316 g/mol. The number of hydrazine groups is 1. The van der Waals surface area contributed by atoms with Crippen LogP contribution in [-0.2, 0) is 4.79 Å². The van der Waals surface area contributed by atoms with Crippen LogP contribution in [0.4, 0.5) is 5.69 Å². The summed E-state index contributed by atoms with van der Waals surface area (Å²) in [6.45, 7) is 0.808. The molecule has 3 N–H and O–H groups in total. The van der Waals surface area contributed by atoms with E-state index in [9.17, 15) is 14.9 Å². The van der Waals surface area contributed by atoms with Gasteiger partial charge in [0.15, 0.2) is 11.5 Å². The van der Waals surface area contributed by atoms with Crippen molar-refractivity contribution in [3.8, 4) is 11.5 Å². The average molecular weight is 334 g/mol. The number of nitrogens with zero attached hydrogens (tertiary/aromatic N) is 1. The molecule has 2 fully saturated rings. The number of nitro groups is 1. The van der Waals surface area contributed by atoms with Crippen molar-refractivity contribution in [1.82, 2.24) is 10.9 Å². The summed E-state index contributed by atoms with van der Waals surface area (Å²) in [6.07, 6.45) is 0.727. The number of hydrogen-bond acceptors (Lipinski definition) is 7. The summed E-state index contributed by atoms with van der Waals surface area (Å²) in [6, 6.07) is 4.40. The number of benzene rings is 1. The van der Waals surface area contributed by atoms with E-state index in [0.29, 0.717) is 30.2 Å². The summed E-state index contributed by atoms with van der Waals surface area (Å²) in [5, 5.41) is 14.0. The number of fused-ring (bicyclic) bond motifs is 2. The molecule has 4 rings (SSSR count). The van der Waals surface area contributed by atoms with Gasteiger partial charge in [0.2, 0.25) is 18.7 Å². The number of anilines is 1. The van der Waals surface area contributed by atoms with Crippen LogP contribution in [0.5, 0.6) is 11.5 Å². The Labute approximate surface area is 137 Å². The van der Waals surface area contributed by atoms with Crippen LogP contribution < -0.4 is 25.6 Å². The molecule has 1 amide bonds. The van der Waals surface area contributed by atoms with E-state index in [4.69, 9.17) is 9.47 Å². The third-order valence-electron chi connectivity index (χ3n) is 4.95. The molecule has 0 aromatic heterocycles. The van der Waals surface area contributed by atoms with E-state index in [0.717, 1.165) is 0 Å². The topological polar surface area (TPSA) is 115 Å². The van der Waals surface area contributed by atoms with Crippen molar-refractivity contribution >= 4 is 11.6 Å². The van der Waals surface area contributed by atoms with E-state index in [2.05, 4.69) is 16.2 Å². The predicted octanol–water partition coefficient (Wildman–Crippen LogP) is 0.502. The van der Waals surface area contributed by atoms with Gasteiger partial charge in [-0.25, -0.2) is 0 Å². The first-order valence-corrected chi connectivity index (χ1v) is 7.94. The molecule has 9 heteroatoms. The number of nitrogens with one attached hydrogen (secondary N) is 3. The fourth-order valence-electron chi connectivity index (χ4n) is 3.75. The minimum Gasteiger partial charge on any atom is -0.454 e. The van der Waals surface area contributed by atoms with Crippen molar-refractivity contribution in [1.29, 1.82) is 0 Å². The zero-order chi connectivity index (χ0) is 16.7. The Kier molecular flexibility index (Phi) is 3.73. The molecule has 0 bridgehead atoms. The minimum atomic E-state index is -0.680. The van der Waals surface area contributed by atoms with Crippen molar-refractivity contribution in [3.05, 3.63) is 28.3 Å². The molecule has 1 saturated heterocycles. The molecule has 1 saturated carbocycles. The van der Waals surface area contributed by atoms with Gasteiger partial charge in [0.25, 0.3) is 0 Å². The molecule has 4 unspecified atom stereocenters. The van der Waals surface area contributed by atoms with Gasteiger partial charge in [0.05, 0.1) is 5.92 Å². The van der Waals surface area contributed by atoms with Crippen LogP contribution in [0.25, 0.3) is 0 Å². The lowest BCUT2D eigenvalue weighted by molar-refractivity contribution is -0.529. The summed E-state index contributed by atoms with van der Waals surface area (Å²) in [5.41, 5.74) is 6.71.